The summed E-state index contributed by atoms with van der Waals surface area (Å²) in [6.07, 6.45) is 3.05. The smallest absolute Gasteiger partial charge is 0.315 e. The van der Waals surface area contributed by atoms with E-state index in [2.05, 4.69) is 16.0 Å². The molecule has 0 aliphatic carbocycles. The Morgan fingerprint density at radius 2 is 2.00 bits per heavy atom. The van der Waals surface area contributed by atoms with Gasteiger partial charge in [-0.2, -0.15) is 11.8 Å². The van der Waals surface area contributed by atoms with E-state index in [1.807, 2.05) is 17.8 Å². The minimum atomic E-state index is -0.239. The van der Waals surface area contributed by atoms with Crippen molar-refractivity contribution in [3.8, 4) is 0 Å². The molecular formula is C19H25N3O4S. The largest absolute Gasteiger partial charge is 0.464 e. The Kier molecular flexibility index (Phi) is 6.98. The monoisotopic (exact) mass is 391 g/mol. The molecule has 1 aromatic rings. The van der Waals surface area contributed by atoms with E-state index < -0.39 is 0 Å². The number of carbonyl (C=O) groups is 3. The predicted octanol–water partition coefficient (Wildman–Crippen LogP) is 1.69. The number of ether oxygens (including phenoxy) is 1. The molecule has 2 aliphatic rings. The summed E-state index contributed by atoms with van der Waals surface area (Å²) < 4.78 is 5.16. The van der Waals surface area contributed by atoms with E-state index in [1.165, 1.54) is 0 Å². The standard InChI is InChI=1S/C19H25N3O4S/c23-16(26-11-10-20-18(24)13-6-2-1-3-7-13)9-5-4-8-15-17-14(12-27-15)21-19(25)22-17/h1-3,6-7,14-15,17H,4-5,8-12H2,(H,20,24)(H2,21,22,25)/t14-,15-,17+/m1/s1. The summed E-state index contributed by atoms with van der Waals surface area (Å²) in [6, 6.07) is 9.30. The van der Waals surface area contributed by atoms with Gasteiger partial charge in [-0.3, -0.25) is 9.59 Å². The molecule has 2 fully saturated rings. The van der Waals surface area contributed by atoms with Crippen molar-refractivity contribution in [3.63, 3.8) is 0 Å². The number of thioether (sulfide) groups is 1. The van der Waals surface area contributed by atoms with Gasteiger partial charge in [-0.15, -0.1) is 0 Å². The molecule has 3 atom stereocenters. The summed E-state index contributed by atoms with van der Waals surface area (Å²) in [5.41, 5.74) is 0.588. The number of rotatable bonds is 9. The molecule has 0 bridgehead atoms. The molecule has 0 spiro atoms. The first-order valence-electron chi connectivity index (χ1n) is 9.31. The molecule has 0 unspecified atom stereocenters. The fraction of sp³-hybridized carbons (Fsp3) is 0.526. The van der Waals surface area contributed by atoms with Crippen molar-refractivity contribution < 1.29 is 19.1 Å². The third kappa shape index (κ3) is 5.63. The highest BCUT2D eigenvalue weighted by molar-refractivity contribution is 8.00. The second kappa shape index (κ2) is 9.64. The number of amides is 3. The third-order valence-corrected chi connectivity index (χ3v) is 6.25. The summed E-state index contributed by atoms with van der Waals surface area (Å²) in [6.45, 7) is 0.477. The Hall–Kier alpha value is -2.22. The number of esters is 1. The van der Waals surface area contributed by atoms with Crippen LogP contribution >= 0.6 is 11.8 Å². The lowest BCUT2D eigenvalue weighted by Gasteiger charge is -2.16. The van der Waals surface area contributed by atoms with Gasteiger partial charge >= 0.3 is 12.0 Å². The fourth-order valence-corrected chi connectivity index (χ4v) is 4.89. The van der Waals surface area contributed by atoms with Crippen molar-refractivity contribution in [2.45, 2.75) is 43.0 Å². The van der Waals surface area contributed by atoms with Gasteiger partial charge < -0.3 is 20.7 Å². The average molecular weight is 391 g/mol. The lowest BCUT2D eigenvalue weighted by atomic mass is 10.0. The van der Waals surface area contributed by atoms with E-state index in [0.29, 0.717) is 23.8 Å². The van der Waals surface area contributed by atoms with Gasteiger partial charge in [0, 0.05) is 23.0 Å². The minimum absolute atomic E-state index is 0.0711. The number of nitrogens with one attached hydrogen (secondary N) is 3. The molecule has 1 aromatic carbocycles. The molecule has 146 valence electrons. The molecule has 27 heavy (non-hydrogen) atoms. The van der Waals surface area contributed by atoms with Crippen molar-refractivity contribution in [1.29, 1.82) is 0 Å². The zero-order chi connectivity index (χ0) is 19.1. The SMILES string of the molecule is O=C1N[C@H]2[C@@H](CS[C@@H]2CCCCC(=O)OCCNC(=O)c2ccccc2)N1. The lowest BCUT2D eigenvalue weighted by Crippen LogP contribution is -2.36. The molecule has 8 heteroatoms. The Labute approximate surface area is 163 Å². The predicted molar refractivity (Wildman–Crippen MR) is 104 cm³/mol. The molecule has 3 amide bonds. The van der Waals surface area contributed by atoms with Crippen LogP contribution in [0.5, 0.6) is 0 Å². The molecule has 3 N–H and O–H groups in total. The summed E-state index contributed by atoms with van der Waals surface area (Å²) in [7, 11) is 0. The maximum atomic E-state index is 11.8. The summed E-state index contributed by atoms with van der Waals surface area (Å²) in [5, 5.41) is 9.04. The Morgan fingerprint density at radius 3 is 2.81 bits per heavy atom. The number of hydrogen-bond acceptors (Lipinski definition) is 5. The first kappa shape index (κ1) is 19.5. The first-order chi connectivity index (χ1) is 13.1. The van der Waals surface area contributed by atoms with Crippen LogP contribution in [0.3, 0.4) is 0 Å². The van der Waals surface area contributed by atoms with Gasteiger partial charge in [0.05, 0.1) is 18.6 Å². The number of urea groups is 1. The van der Waals surface area contributed by atoms with Crippen LogP contribution in [0.4, 0.5) is 4.79 Å². The van der Waals surface area contributed by atoms with Crippen molar-refractivity contribution in [2.24, 2.45) is 0 Å². The molecule has 0 saturated carbocycles. The minimum Gasteiger partial charge on any atom is -0.464 e. The van der Waals surface area contributed by atoms with E-state index in [9.17, 15) is 14.4 Å². The number of carbonyl (C=O) groups excluding carboxylic acids is 3. The topological polar surface area (TPSA) is 96.5 Å². The van der Waals surface area contributed by atoms with E-state index in [-0.39, 0.29) is 36.6 Å². The highest BCUT2D eigenvalue weighted by Crippen LogP contribution is 2.33. The first-order valence-corrected chi connectivity index (χ1v) is 10.4. The molecular weight excluding hydrogens is 366 g/mol. The van der Waals surface area contributed by atoms with Gasteiger partial charge in [0.25, 0.3) is 5.91 Å². The van der Waals surface area contributed by atoms with Crippen LogP contribution < -0.4 is 16.0 Å². The maximum absolute atomic E-state index is 11.8. The van der Waals surface area contributed by atoms with Gasteiger partial charge in [0.1, 0.15) is 6.61 Å². The molecule has 0 radical (unpaired) electrons. The zero-order valence-electron chi connectivity index (χ0n) is 15.1. The van der Waals surface area contributed by atoms with Crippen LogP contribution in [0.25, 0.3) is 0 Å². The Balaban J connectivity index is 1.22. The van der Waals surface area contributed by atoms with Crippen LogP contribution in [-0.2, 0) is 9.53 Å². The maximum Gasteiger partial charge on any atom is 0.315 e. The third-order valence-electron chi connectivity index (χ3n) is 4.74. The molecule has 7 nitrogen and oxygen atoms in total. The van der Waals surface area contributed by atoms with Crippen LogP contribution in [-0.4, -0.2) is 54.1 Å². The number of fused-ring (bicyclic) bond motifs is 1. The van der Waals surface area contributed by atoms with E-state index >= 15 is 0 Å². The molecule has 2 heterocycles. The normalized spacial score (nSPS) is 23.3. The van der Waals surface area contributed by atoms with E-state index in [0.717, 1.165) is 25.0 Å². The highest BCUT2D eigenvalue weighted by atomic mass is 32.2. The van der Waals surface area contributed by atoms with Crippen molar-refractivity contribution >= 4 is 29.7 Å². The zero-order valence-corrected chi connectivity index (χ0v) is 15.9. The quantitative estimate of drug-likeness (QED) is 0.338. The average Bonchev–Trinajstić information content (AvgIpc) is 3.22. The summed E-state index contributed by atoms with van der Waals surface area (Å²) in [4.78, 5) is 35.0. The van der Waals surface area contributed by atoms with Crippen molar-refractivity contribution in [1.82, 2.24) is 16.0 Å². The molecule has 2 aliphatic heterocycles. The lowest BCUT2D eigenvalue weighted by molar-refractivity contribution is -0.143. The molecule has 0 aromatic heterocycles. The summed E-state index contributed by atoms with van der Waals surface area (Å²) in [5.74, 6) is 0.536. The highest BCUT2D eigenvalue weighted by Gasteiger charge is 2.42. The Bertz CT molecular complexity index is 670. The second-order valence-electron chi connectivity index (χ2n) is 6.71. The number of unbranched alkanes of at least 4 members (excludes halogenated alkanes) is 1. The van der Waals surface area contributed by atoms with Gasteiger partial charge in [0.15, 0.2) is 0 Å². The fourth-order valence-electron chi connectivity index (χ4n) is 3.35. The molecule has 2 saturated heterocycles. The number of benzene rings is 1. The van der Waals surface area contributed by atoms with Gasteiger partial charge in [-0.25, -0.2) is 4.79 Å². The summed E-state index contributed by atoms with van der Waals surface area (Å²) >= 11 is 1.88. The molecule has 3 rings (SSSR count). The van der Waals surface area contributed by atoms with Crippen LogP contribution in [0.15, 0.2) is 30.3 Å². The van der Waals surface area contributed by atoms with Crippen molar-refractivity contribution in [3.05, 3.63) is 35.9 Å². The van der Waals surface area contributed by atoms with Crippen LogP contribution in [0, 0.1) is 0 Å². The van der Waals surface area contributed by atoms with Gasteiger partial charge in [-0.05, 0) is 25.0 Å². The Morgan fingerprint density at radius 1 is 1.19 bits per heavy atom. The van der Waals surface area contributed by atoms with Crippen LogP contribution in [0.1, 0.15) is 36.0 Å². The van der Waals surface area contributed by atoms with Crippen molar-refractivity contribution in [2.75, 3.05) is 18.9 Å². The van der Waals surface area contributed by atoms with E-state index in [4.69, 9.17) is 4.74 Å². The van der Waals surface area contributed by atoms with Gasteiger partial charge in [0.2, 0.25) is 0 Å². The second-order valence-corrected chi connectivity index (χ2v) is 7.98. The van der Waals surface area contributed by atoms with E-state index in [1.54, 1.807) is 24.3 Å². The number of hydrogen-bond donors (Lipinski definition) is 3. The van der Waals surface area contributed by atoms with Gasteiger partial charge in [-0.1, -0.05) is 24.6 Å². The van der Waals surface area contributed by atoms with Crippen LogP contribution in [0.2, 0.25) is 0 Å².